The van der Waals surface area contributed by atoms with Crippen molar-refractivity contribution in [2.45, 2.75) is 18.8 Å². The summed E-state index contributed by atoms with van der Waals surface area (Å²) >= 11 is 17.9. The number of hydrogen-bond acceptors (Lipinski definition) is 2. The zero-order valence-corrected chi connectivity index (χ0v) is 13.8. The predicted octanol–water partition coefficient (Wildman–Crippen LogP) is 5.75. The number of rotatable bonds is 3. The van der Waals surface area contributed by atoms with Gasteiger partial charge in [-0.3, -0.25) is 4.79 Å². The largest absolute Gasteiger partial charge is 0.425 e. The summed E-state index contributed by atoms with van der Waals surface area (Å²) in [6, 6.07) is 13.1. The van der Waals surface area contributed by atoms with Crippen LogP contribution in [-0.2, 0) is 4.79 Å². The Balaban J connectivity index is 1.74. The van der Waals surface area contributed by atoms with Gasteiger partial charge in [0.1, 0.15) is 5.02 Å². The molecule has 22 heavy (non-hydrogen) atoms. The second-order valence-corrected chi connectivity index (χ2v) is 6.46. The molecule has 0 bridgehead atoms. The van der Waals surface area contributed by atoms with Gasteiger partial charge in [-0.15, -0.1) is 0 Å². The van der Waals surface area contributed by atoms with E-state index in [0.717, 1.165) is 18.4 Å². The molecule has 114 valence electrons. The third kappa shape index (κ3) is 2.96. The summed E-state index contributed by atoms with van der Waals surface area (Å²) in [5.74, 6) is 0.0309. The minimum Gasteiger partial charge on any atom is -0.425 e. The van der Waals surface area contributed by atoms with Crippen LogP contribution >= 0.6 is 34.8 Å². The van der Waals surface area contributed by atoms with Crippen molar-refractivity contribution in [3.05, 3.63) is 63.1 Å². The molecule has 2 nitrogen and oxygen atoms in total. The summed E-state index contributed by atoms with van der Waals surface area (Å²) in [7, 11) is 0. The van der Waals surface area contributed by atoms with Gasteiger partial charge in [-0.05, 0) is 36.5 Å². The van der Waals surface area contributed by atoms with Gasteiger partial charge in [-0.25, -0.2) is 0 Å². The van der Waals surface area contributed by atoms with Crippen LogP contribution in [0.5, 0.6) is 5.75 Å². The average Bonchev–Trinajstić information content (AvgIpc) is 2.48. The van der Waals surface area contributed by atoms with Crippen LogP contribution in [0.2, 0.25) is 15.1 Å². The average molecular weight is 356 g/mol. The summed E-state index contributed by atoms with van der Waals surface area (Å²) < 4.78 is 5.42. The lowest BCUT2D eigenvalue weighted by molar-refractivity contribution is -0.142. The minimum absolute atomic E-state index is 0.145. The summed E-state index contributed by atoms with van der Waals surface area (Å²) in [5, 5.41) is 0.692. The van der Waals surface area contributed by atoms with E-state index in [1.165, 1.54) is 0 Å². The van der Waals surface area contributed by atoms with Crippen LogP contribution in [-0.4, -0.2) is 5.97 Å². The third-order valence-corrected chi connectivity index (χ3v) is 5.29. The first-order valence-corrected chi connectivity index (χ1v) is 8.11. The zero-order valence-electron chi connectivity index (χ0n) is 11.6. The van der Waals surface area contributed by atoms with Crippen molar-refractivity contribution >= 4 is 40.8 Å². The van der Waals surface area contributed by atoms with Crippen molar-refractivity contribution in [2.24, 2.45) is 5.92 Å². The van der Waals surface area contributed by atoms with E-state index in [2.05, 4.69) is 0 Å². The van der Waals surface area contributed by atoms with Crippen LogP contribution in [0.15, 0.2) is 42.5 Å². The fraction of sp³-hybridized carbons (Fsp3) is 0.235. The highest BCUT2D eigenvalue weighted by atomic mass is 35.5. The maximum Gasteiger partial charge on any atom is 0.315 e. The van der Waals surface area contributed by atoms with Gasteiger partial charge >= 0.3 is 5.97 Å². The van der Waals surface area contributed by atoms with Crippen molar-refractivity contribution in [1.29, 1.82) is 0 Å². The van der Waals surface area contributed by atoms with E-state index < -0.39 is 0 Å². The number of carbonyl (C=O) groups is 1. The van der Waals surface area contributed by atoms with Crippen LogP contribution in [0, 0.1) is 5.92 Å². The molecule has 0 spiro atoms. The van der Waals surface area contributed by atoms with Crippen LogP contribution in [0.3, 0.4) is 0 Å². The van der Waals surface area contributed by atoms with Crippen molar-refractivity contribution < 1.29 is 9.53 Å². The van der Waals surface area contributed by atoms with Gasteiger partial charge in [0, 0.05) is 0 Å². The highest BCUT2D eigenvalue weighted by Crippen LogP contribution is 2.44. The quantitative estimate of drug-likeness (QED) is 0.398. The Kier molecular flexibility index (Phi) is 4.62. The van der Waals surface area contributed by atoms with Gasteiger partial charge in [0.25, 0.3) is 0 Å². The Morgan fingerprint density at radius 3 is 2.32 bits per heavy atom. The van der Waals surface area contributed by atoms with Gasteiger partial charge in [0.05, 0.1) is 16.0 Å². The second kappa shape index (κ2) is 6.49. The van der Waals surface area contributed by atoms with Crippen molar-refractivity contribution in [2.75, 3.05) is 0 Å². The molecule has 3 rings (SSSR count). The first-order valence-electron chi connectivity index (χ1n) is 6.98. The molecule has 0 aromatic heterocycles. The maximum absolute atomic E-state index is 12.4. The lowest BCUT2D eigenvalue weighted by atomic mass is 9.70. The van der Waals surface area contributed by atoms with Crippen LogP contribution in [0.25, 0.3) is 0 Å². The number of esters is 1. The highest BCUT2D eigenvalue weighted by molar-refractivity contribution is 6.48. The normalized spacial score (nSPS) is 20.3. The number of carbonyl (C=O) groups excluding carboxylic acids is 1. The molecular formula is C17H13Cl3O2. The second-order valence-electron chi connectivity index (χ2n) is 5.30. The number of hydrogen-bond donors (Lipinski definition) is 0. The van der Waals surface area contributed by atoms with Crippen molar-refractivity contribution in [1.82, 2.24) is 0 Å². The third-order valence-electron chi connectivity index (χ3n) is 4.02. The molecule has 0 amide bonds. The van der Waals surface area contributed by atoms with Crippen LogP contribution in [0.4, 0.5) is 0 Å². The van der Waals surface area contributed by atoms with E-state index in [1.54, 1.807) is 12.1 Å². The van der Waals surface area contributed by atoms with E-state index in [4.69, 9.17) is 39.5 Å². The Morgan fingerprint density at radius 2 is 1.68 bits per heavy atom. The molecule has 5 heteroatoms. The Morgan fingerprint density at radius 1 is 0.955 bits per heavy atom. The first-order chi connectivity index (χ1) is 10.6. The van der Waals surface area contributed by atoms with Gasteiger partial charge in [0.15, 0.2) is 5.75 Å². The van der Waals surface area contributed by atoms with E-state index in [-0.39, 0.29) is 33.6 Å². The lowest BCUT2D eigenvalue weighted by Crippen LogP contribution is -2.34. The minimum atomic E-state index is -0.277. The predicted molar refractivity (Wildman–Crippen MR) is 89.0 cm³/mol. The van der Waals surface area contributed by atoms with E-state index >= 15 is 0 Å². The molecule has 0 saturated heterocycles. The summed E-state index contributed by atoms with van der Waals surface area (Å²) in [5.41, 5.74) is 1.16. The fourth-order valence-electron chi connectivity index (χ4n) is 2.65. The monoisotopic (exact) mass is 354 g/mol. The molecule has 1 aliphatic carbocycles. The molecule has 1 fully saturated rings. The number of halogens is 3. The van der Waals surface area contributed by atoms with Gasteiger partial charge < -0.3 is 4.74 Å². The lowest BCUT2D eigenvalue weighted by Gasteiger charge is -2.35. The standard InChI is InChI=1S/C17H13Cl3O2/c18-13-8-9-14(16(20)15(13)19)22-17(21)12-7-6-11(12)10-4-2-1-3-5-10/h1-5,8-9,11-12H,6-7H2/t11?,12-/m1/s1. The molecular weight excluding hydrogens is 343 g/mol. The molecule has 2 atom stereocenters. The molecule has 2 aromatic carbocycles. The maximum atomic E-state index is 12.4. The van der Waals surface area contributed by atoms with Crippen LogP contribution < -0.4 is 4.74 Å². The molecule has 1 aliphatic rings. The fourth-order valence-corrected chi connectivity index (χ4v) is 3.22. The molecule has 0 heterocycles. The Bertz CT molecular complexity index is 701. The molecule has 2 aromatic rings. The van der Waals surface area contributed by atoms with Crippen molar-refractivity contribution in [3.8, 4) is 5.75 Å². The van der Waals surface area contributed by atoms with E-state index in [9.17, 15) is 4.79 Å². The topological polar surface area (TPSA) is 26.3 Å². The molecule has 0 N–H and O–H groups in total. The zero-order chi connectivity index (χ0) is 15.7. The van der Waals surface area contributed by atoms with Gasteiger partial charge in [-0.1, -0.05) is 65.1 Å². The smallest absolute Gasteiger partial charge is 0.315 e. The van der Waals surface area contributed by atoms with Crippen LogP contribution in [0.1, 0.15) is 24.3 Å². The summed E-state index contributed by atoms with van der Waals surface area (Å²) in [4.78, 5) is 12.4. The Labute approximate surface area is 143 Å². The molecule has 0 radical (unpaired) electrons. The van der Waals surface area contributed by atoms with Gasteiger partial charge in [0.2, 0.25) is 0 Å². The summed E-state index contributed by atoms with van der Waals surface area (Å²) in [6.07, 6.45) is 1.80. The SMILES string of the molecule is O=C(Oc1ccc(Cl)c(Cl)c1Cl)[C@@H]1CCC1c1ccccc1. The Hall–Kier alpha value is -1.22. The molecule has 1 unspecified atom stereocenters. The highest BCUT2D eigenvalue weighted by Gasteiger charge is 2.39. The molecule has 0 aliphatic heterocycles. The summed E-state index contributed by atoms with van der Waals surface area (Å²) in [6.45, 7) is 0. The van der Waals surface area contributed by atoms with E-state index in [0.29, 0.717) is 5.02 Å². The molecule has 1 saturated carbocycles. The van der Waals surface area contributed by atoms with Gasteiger partial charge in [-0.2, -0.15) is 0 Å². The number of benzene rings is 2. The van der Waals surface area contributed by atoms with Crippen molar-refractivity contribution in [3.63, 3.8) is 0 Å². The first kappa shape index (κ1) is 15.7. The van der Waals surface area contributed by atoms with E-state index in [1.807, 2.05) is 30.3 Å². The number of ether oxygens (including phenoxy) is 1.